The monoisotopic (exact) mass is 483 g/mol. The summed E-state index contributed by atoms with van der Waals surface area (Å²) in [6.07, 6.45) is 2.89. The van der Waals surface area contributed by atoms with Crippen LogP contribution in [0.5, 0.6) is 0 Å². The van der Waals surface area contributed by atoms with Gasteiger partial charge in [0.1, 0.15) is 0 Å². The second-order valence-electron chi connectivity index (χ2n) is 7.70. The maximum absolute atomic E-state index is 13.7. The molecule has 0 saturated heterocycles. The van der Waals surface area contributed by atoms with E-state index in [0.29, 0.717) is 12.5 Å². The van der Waals surface area contributed by atoms with Crippen molar-refractivity contribution < 1.29 is 14.3 Å². The highest BCUT2D eigenvalue weighted by Crippen LogP contribution is 2.41. The van der Waals surface area contributed by atoms with Gasteiger partial charge in [0, 0.05) is 11.0 Å². The summed E-state index contributed by atoms with van der Waals surface area (Å²) in [5, 5.41) is 0. The Hall–Kier alpha value is -2.67. The van der Waals surface area contributed by atoms with Crippen LogP contribution in [-0.4, -0.2) is 34.6 Å². The van der Waals surface area contributed by atoms with Gasteiger partial charge in [0.2, 0.25) is 11.9 Å². The molecule has 7 heteroatoms. The van der Waals surface area contributed by atoms with Crippen molar-refractivity contribution in [3.05, 3.63) is 58.6 Å². The third-order valence-electron chi connectivity index (χ3n) is 5.66. The average Bonchev–Trinajstić information content (AvgIpc) is 3.14. The van der Waals surface area contributed by atoms with Crippen molar-refractivity contribution in [3.8, 4) is 0 Å². The number of imidazole rings is 1. The molecule has 162 valence electrons. The van der Waals surface area contributed by atoms with Crippen molar-refractivity contribution in [2.75, 3.05) is 18.1 Å². The van der Waals surface area contributed by atoms with Gasteiger partial charge in [-0.05, 0) is 43.2 Å². The van der Waals surface area contributed by atoms with E-state index < -0.39 is 17.9 Å². The lowest BCUT2D eigenvalue weighted by atomic mass is 9.89. The predicted octanol–water partition coefficient (Wildman–Crippen LogP) is 5.10. The van der Waals surface area contributed by atoms with E-state index in [0.717, 1.165) is 40.3 Å². The van der Waals surface area contributed by atoms with Crippen LogP contribution in [0.3, 0.4) is 0 Å². The normalized spacial score (nSPS) is 18.3. The number of esters is 1. The summed E-state index contributed by atoms with van der Waals surface area (Å²) in [5.74, 6) is -1.13. The first kappa shape index (κ1) is 21.6. The van der Waals surface area contributed by atoms with Crippen molar-refractivity contribution >= 4 is 44.8 Å². The number of rotatable bonds is 7. The second-order valence-corrected chi connectivity index (χ2v) is 8.61. The van der Waals surface area contributed by atoms with E-state index >= 15 is 0 Å². The molecule has 0 aliphatic carbocycles. The molecular weight excluding hydrogens is 458 g/mol. The maximum atomic E-state index is 13.7. The molecule has 0 unspecified atom stereocenters. The van der Waals surface area contributed by atoms with Crippen LogP contribution in [0.4, 0.5) is 5.95 Å². The first-order valence-electron chi connectivity index (χ1n) is 10.8. The Balaban J connectivity index is 1.94. The van der Waals surface area contributed by atoms with Gasteiger partial charge in [0.25, 0.3) is 0 Å². The van der Waals surface area contributed by atoms with Gasteiger partial charge in [-0.3, -0.25) is 14.5 Å². The van der Waals surface area contributed by atoms with Crippen molar-refractivity contribution in [1.82, 2.24) is 9.55 Å². The van der Waals surface area contributed by atoms with Gasteiger partial charge < -0.3 is 9.30 Å². The number of hydrogen-bond donors (Lipinski definition) is 0. The highest BCUT2D eigenvalue weighted by Gasteiger charge is 2.47. The van der Waals surface area contributed by atoms with Gasteiger partial charge in [-0.25, -0.2) is 4.98 Å². The van der Waals surface area contributed by atoms with Crippen LogP contribution in [0.2, 0.25) is 0 Å². The molecule has 0 fully saturated rings. The van der Waals surface area contributed by atoms with Crippen molar-refractivity contribution in [3.63, 3.8) is 0 Å². The zero-order valence-corrected chi connectivity index (χ0v) is 19.3. The van der Waals surface area contributed by atoms with Crippen molar-refractivity contribution in [2.45, 2.75) is 39.2 Å². The van der Waals surface area contributed by atoms with E-state index in [1.165, 1.54) is 0 Å². The van der Waals surface area contributed by atoms with E-state index in [9.17, 15) is 9.59 Å². The first-order valence-corrected chi connectivity index (χ1v) is 11.6. The molecule has 1 aliphatic rings. The molecule has 31 heavy (non-hydrogen) atoms. The molecule has 2 aromatic carbocycles. The molecule has 4 rings (SSSR count). The zero-order chi connectivity index (χ0) is 22.0. The molecular formula is C24H26BrN3O3. The fourth-order valence-electron chi connectivity index (χ4n) is 4.27. The number of nitrogens with zero attached hydrogens (tertiary/aromatic N) is 3. The van der Waals surface area contributed by atoms with E-state index in [1.807, 2.05) is 53.1 Å². The number of unbranched alkanes of at least 4 members (excludes halogenated alkanes) is 2. The minimum Gasteiger partial charge on any atom is -0.465 e. The van der Waals surface area contributed by atoms with E-state index in [-0.39, 0.29) is 12.5 Å². The summed E-state index contributed by atoms with van der Waals surface area (Å²) < 4.78 is 8.30. The highest BCUT2D eigenvalue weighted by atomic mass is 79.9. The number of aromatic nitrogens is 2. The third-order valence-corrected chi connectivity index (χ3v) is 6.15. The Morgan fingerprint density at radius 1 is 1.13 bits per heavy atom. The summed E-state index contributed by atoms with van der Waals surface area (Å²) in [4.78, 5) is 33.3. The average molecular weight is 484 g/mol. The second kappa shape index (κ2) is 9.22. The lowest BCUT2D eigenvalue weighted by molar-refractivity contribution is -0.153. The summed E-state index contributed by atoms with van der Waals surface area (Å²) in [5.41, 5.74) is 2.55. The fraction of sp³-hybridized carbons (Fsp3) is 0.375. The van der Waals surface area contributed by atoms with Gasteiger partial charge >= 0.3 is 5.97 Å². The van der Waals surface area contributed by atoms with Crippen molar-refractivity contribution in [1.29, 1.82) is 0 Å². The predicted molar refractivity (Wildman–Crippen MR) is 124 cm³/mol. The number of ether oxygens (including phenoxy) is 1. The van der Waals surface area contributed by atoms with Crippen LogP contribution in [0.1, 0.15) is 44.7 Å². The minimum atomic E-state index is -0.971. The van der Waals surface area contributed by atoms with Gasteiger partial charge in [-0.2, -0.15) is 0 Å². The van der Waals surface area contributed by atoms with Crippen LogP contribution < -0.4 is 4.90 Å². The first-order chi connectivity index (χ1) is 15.1. The summed E-state index contributed by atoms with van der Waals surface area (Å²) in [7, 11) is 0. The van der Waals surface area contributed by atoms with Crippen molar-refractivity contribution in [2.24, 2.45) is 5.92 Å². The number of anilines is 1. The molecule has 2 heterocycles. The molecule has 0 radical (unpaired) electrons. The molecule has 0 spiro atoms. The maximum Gasteiger partial charge on any atom is 0.321 e. The molecule has 1 aromatic heterocycles. The summed E-state index contributed by atoms with van der Waals surface area (Å²) >= 11 is 3.53. The lowest BCUT2D eigenvalue weighted by Gasteiger charge is -2.38. The molecule has 0 bridgehead atoms. The number of benzene rings is 2. The zero-order valence-electron chi connectivity index (χ0n) is 17.8. The fourth-order valence-corrected chi connectivity index (χ4v) is 4.69. The Bertz CT molecular complexity index is 1110. The van der Waals surface area contributed by atoms with E-state index in [1.54, 1.807) is 11.8 Å². The molecule has 3 aromatic rings. The molecule has 0 N–H and O–H groups in total. The smallest absolute Gasteiger partial charge is 0.321 e. The van der Waals surface area contributed by atoms with Gasteiger partial charge in [-0.15, -0.1) is 0 Å². The standard InChI is InChI=1S/C24H26BrN3O3/c1-3-5-8-14-27-22(29)20(23(30)31-4-2)21(16-10-9-11-17(25)15-16)28-19-13-7-6-12-18(19)26-24(27)28/h6-7,9-13,15,20-21H,3-5,8,14H2,1-2H3/t20-,21+/m1/s1. The number of amides is 1. The van der Waals surface area contributed by atoms with E-state index in [4.69, 9.17) is 9.72 Å². The molecule has 1 aliphatic heterocycles. The Morgan fingerprint density at radius 3 is 2.68 bits per heavy atom. The number of halogens is 1. The van der Waals surface area contributed by atoms with Crippen LogP contribution in [0.25, 0.3) is 11.0 Å². The number of fused-ring (bicyclic) bond motifs is 3. The van der Waals surface area contributed by atoms with E-state index in [2.05, 4.69) is 22.9 Å². The minimum absolute atomic E-state index is 0.223. The Morgan fingerprint density at radius 2 is 1.94 bits per heavy atom. The van der Waals surface area contributed by atoms with Crippen LogP contribution in [0, 0.1) is 5.92 Å². The quantitative estimate of drug-likeness (QED) is 0.266. The summed E-state index contributed by atoms with van der Waals surface area (Å²) in [6, 6.07) is 15.0. The highest BCUT2D eigenvalue weighted by molar-refractivity contribution is 9.10. The Kier molecular flexibility index (Phi) is 6.41. The largest absolute Gasteiger partial charge is 0.465 e. The third kappa shape index (κ3) is 3.99. The lowest BCUT2D eigenvalue weighted by Crippen LogP contribution is -2.50. The van der Waals surface area contributed by atoms with Gasteiger partial charge in [0.15, 0.2) is 5.92 Å². The Labute approximate surface area is 190 Å². The molecule has 1 amide bonds. The number of hydrogen-bond acceptors (Lipinski definition) is 4. The SMILES string of the molecule is CCCCCN1C(=O)[C@H](C(=O)OCC)[C@H](c2cccc(Br)c2)n2c1nc1ccccc12. The topological polar surface area (TPSA) is 64.4 Å². The number of carbonyl (C=O) groups is 2. The molecule has 6 nitrogen and oxygen atoms in total. The van der Waals surface area contributed by atoms with Crippen LogP contribution >= 0.6 is 15.9 Å². The van der Waals surface area contributed by atoms with Crippen LogP contribution in [0.15, 0.2) is 53.0 Å². The molecule has 2 atom stereocenters. The summed E-state index contributed by atoms with van der Waals surface area (Å²) in [6.45, 7) is 4.63. The number of carbonyl (C=O) groups excluding carboxylic acids is 2. The number of para-hydroxylation sites is 2. The van der Waals surface area contributed by atoms with Gasteiger partial charge in [-0.1, -0.05) is 60.0 Å². The molecule has 0 saturated carbocycles. The van der Waals surface area contributed by atoms with Crippen LogP contribution in [-0.2, 0) is 14.3 Å². The van der Waals surface area contributed by atoms with Gasteiger partial charge in [0.05, 0.1) is 23.7 Å².